The van der Waals surface area contributed by atoms with E-state index in [0.717, 1.165) is 16.7 Å². The quantitative estimate of drug-likeness (QED) is 0.730. The molecule has 0 radical (unpaired) electrons. The molecule has 0 aromatic heterocycles. The molecule has 2 aromatic carbocycles. The third kappa shape index (κ3) is 2.76. The van der Waals surface area contributed by atoms with Crippen molar-refractivity contribution in [2.24, 2.45) is 0 Å². The van der Waals surface area contributed by atoms with Crippen LogP contribution in [0, 0.1) is 26.6 Å². The normalized spacial score (nSPS) is 10.6. The van der Waals surface area contributed by atoms with E-state index in [2.05, 4.69) is 15.9 Å². The van der Waals surface area contributed by atoms with Gasteiger partial charge >= 0.3 is 0 Å². The number of rotatable bonds is 2. The van der Waals surface area contributed by atoms with Gasteiger partial charge in [-0.1, -0.05) is 6.07 Å². The first-order chi connectivity index (χ1) is 8.90. The van der Waals surface area contributed by atoms with Crippen molar-refractivity contribution < 1.29 is 9.18 Å². The van der Waals surface area contributed by atoms with Gasteiger partial charge in [0.15, 0.2) is 5.78 Å². The summed E-state index contributed by atoms with van der Waals surface area (Å²) in [6.07, 6.45) is 0. The van der Waals surface area contributed by atoms with Crippen molar-refractivity contribution in [3.05, 3.63) is 68.4 Å². The maximum atomic E-state index is 13.5. The lowest BCUT2D eigenvalue weighted by Crippen LogP contribution is -2.05. The molecule has 0 amide bonds. The number of aryl methyl sites for hydroxylation is 3. The summed E-state index contributed by atoms with van der Waals surface area (Å²) in [5.74, 6) is -0.570. The molecule has 0 aliphatic carbocycles. The van der Waals surface area contributed by atoms with Crippen LogP contribution in [-0.4, -0.2) is 5.78 Å². The Bertz CT molecular complexity index is 662. The standard InChI is InChI=1S/C16H14BrFO/c1-9-6-11(3)13(7-10(9)2)16(19)12-4-5-14(17)15(18)8-12/h4-8H,1-3H3. The molecule has 0 N–H and O–H groups in total. The van der Waals surface area contributed by atoms with Crippen LogP contribution < -0.4 is 0 Å². The SMILES string of the molecule is Cc1cc(C)c(C(=O)c2ccc(Br)c(F)c2)cc1C. The van der Waals surface area contributed by atoms with Crippen molar-refractivity contribution in [2.45, 2.75) is 20.8 Å². The van der Waals surface area contributed by atoms with Gasteiger partial charge in [0.1, 0.15) is 5.82 Å². The number of hydrogen-bond donors (Lipinski definition) is 0. The number of halogens is 2. The Labute approximate surface area is 120 Å². The number of benzene rings is 2. The molecule has 1 nitrogen and oxygen atoms in total. The summed E-state index contributed by atoms with van der Waals surface area (Å²) in [6.45, 7) is 5.87. The van der Waals surface area contributed by atoms with E-state index in [1.807, 2.05) is 32.9 Å². The van der Waals surface area contributed by atoms with Crippen LogP contribution >= 0.6 is 15.9 Å². The van der Waals surface area contributed by atoms with E-state index in [9.17, 15) is 9.18 Å². The van der Waals surface area contributed by atoms with Gasteiger partial charge in [0, 0.05) is 11.1 Å². The second kappa shape index (κ2) is 5.25. The highest BCUT2D eigenvalue weighted by atomic mass is 79.9. The van der Waals surface area contributed by atoms with Gasteiger partial charge in [-0.05, 0) is 77.7 Å². The van der Waals surface area contributed by atoms with Gasteiger partial charge in [0.05, 0.1) is 4.47 Å². The van der Waals surface area contributed by atoms with Crippen LogP contribution in [0.3, 0.4) is 0 Å². The maximum absolute atomic E-state index is 13.5. The fraction of sp³-hybridized carbons (Fsp3) is 0.188. The first-order valence-corrected chi connectivity index (χ1v) is 6.77. The van der Waals surface area contributed by atoms with E-state index in [0.29, 0.717) is 15.6 Å². The first-order valence-electron chi connectivity index (χ1n) is 5.97. The van der Waals surface area contributed by atoms with Gasteiger partial charge in [0.25, 0.3) is 0 Å². The fourth-order valence-corrected chi connectivity index (χ4v) is 2.24. The van der Waals surface area contributed by atoms with Gasteiger partial charge in [-0.2, -0.15) is 0 Å². The Morgan fingerprint density at radius 1 is 1.00 bits per heavy atom. The lowest BCUT2D eigenvalue weighted by Gasteiger charge is -2.09. The minimum absolute atomic E-state index is 0.146. The van der Waals surface area contributed by atoms with Crippen molar-refractivity contribution in [1.29, 1.82) is 0 Å². The summed E-state index contributed by atoms with van der Waals surface area (Å²) in [5, 5.41) is 0. The predicted octanol–water partition coefficient (Wildman–Crippen LogP) is 4.74. The molecule has 3 heteroatoms. The van der Waals surface area contributed by atoms with Crippen LogP contribution in [0.2, 0.25) is 0 Å². The lowest BCUT2D eigenvalue weighted by molar-refractivity contribution is 0.103. The Hall–Kier alpha value is -1.48. The number of carbonyl (C=O) groups excluding carboxylic acids is 1. The molecule has 2 rings (SSSR count). The lowest BCUT2D eigenvalue weighted by atomic mass is 9.95. The molecular formula is C16H14BrFO. The number of carbonyl (C=O) groups is 1. The molecule has 98 valence electrons. The smallest absolute Gasteiger partial charge is 0.193 e. The summed E-state index contributed by atoms with van der Waals surface area (Å²) in [6, 6.07) is 8.30. The van der Waals surface area contributed by atoms with Crippen molar-refractivity contribution in [1.82, 2.24) is 0 Å². The Morgan fingerprint density at radius 2 is 1.63 bits per heavy atom. The zero-order valence-electron chi connectivity index (χ0n) is 11.1. The highest BCUT2D eigenvalue weighted by Crippen LogP contribution is 2.22. The van der Waals surface area contributed by atoms with E-state index in [-0.39, 0.29) is 5.78 Å². The molecule has 0 saturated heterocycles. The number of hydrogen-bond acceptors (Lipinski definition) is 1. The van der Waals surface area contributed by atoms with E-state index < -0.39 is 5.82 Å². The highest BCUT2D eigenvalue weighted by molar-refractivity contribution is 9.10. The summed E-state index contributed by atoms with van der Waals surface area (Å²) in [5.41, 5.74) is 4.12. The van der Waals surface area contributed by atoms with Gasteiger partial charge in [0.2, 0.25) is 0 Å². The van der Waals surface area contributed by atoms with Crippen LogP contribution in [0.4, 0.5) is 4.39 Å². The minimum Gasteiger partial charge on any atom is -0.289 e. The molecule has 0 spiro atoms. The molecule has 0 atom stereocenters. The van der Waals surface area contributed by atoms with E-state index in [4.69, 9.17) is 0 Å². The zero-order chi connectivity index (χ0) is 14.2. The molecule has 0 heterocycles. The summed E-state index contributed by atoms with van der Waals surface area (Å²) in [7, 11) is 0. The van der Waals surface area contributed by atoms with E-state index in [1.54, 1.807) is 12.1 Å². The molecule has 19 heavy (non-hydrogen) atoms. The van der Waals surface area contributed by atoms with Gasteiger partial charge < -0.3 is 0 Å². The van der Waals surface area contributed by atoms with Crippen molar-refractivity contribution in [3.8, 4) is 0 Å². The molecule has 0 fully saturated rings. The van der Waals surface area contributed by atoms with Crippen LogP contribution in [0.15, 0.2) is 34.8 Å². The number of ketones is 1. The first kappa shape index (κ1) is 13.9. The van der Waals surface area contributed by atoms with Crippen LogP contribution in [0.1, 0.15) is 32.6 Å². The highest BCUT2D eigenvalue weighted by Gasteiger charge is 2.14. The largest absolute Gasteiger partial charge is 0.289 e. The van der Waals surface area contributed by atoms with Gasteiger partial charge in [-0.25, -0.2) is 4.39 Å². The third-order valence-corrected chi connectivity index (χ3v) is 3.91. The monoisotopic (exact) mass is 320 g/mol. The van der Waals surface area contributed by atoms with E-state index in [1.165, 1.54) is 6.07 Å². The summed E-state index contributed by atoms with van der Waals surface area (Å²) in [4.78, 5) is 12.4. The molecule has 0 aliphatic heterocycles. The predicted molar refractivity (Wildman–Crippen MR) is 78.2 cm³/mol. The maximum Gasteiger partial charge on any atom is 0.193 e. The van der Waals surface area contributed by atoms with Crippen molar-refractivity contribution in [2.75, 3.05) is 0 Å². The summed E-state index contributed by atoms with van der Waals surface area (Å²) < 4.78 is 13.9. The Balaban J connectivity index is 2.49. The van der Waals surface area contributed by atoms with Gasteiger partial charge in [-0.3, -0.25) is 4.79 Å². The van der Waals surface area contributed by atoms with E-state index >= 15 is 0 Å². The fourth-order valence-electron chi connectivity index (χ4n) is 2.00. The molecule has 0 saturated carbocycles. The molecule has 0 bridgehead atoms. The van der Waals surface area contributed by atoms with Crippen molar-refractivity contribution in [3.63, 3.8) is 0 Å². The minimum atomic E-state index is -0.424. The Kier molecular flexibility index (Phi) is 3.85. The second-order valence-corrected chi connectivity index (χ2v) is 5.56. The molecule has 2 aromatic rings. The molecule has 0 unspecified atom stereocenters. The third-order valence-electron chi connectivity index (χ3n) is 3.27. The molecule has 0 aliphatic rings. The molecular weight excluding hydrogens is 307 g/mol. The zero-order valence-corrected chi connectivity index (χ0v) is 12.6. The summed E-state index contributed by atoms with van der Waals surface area (Å²) >= 11 is 3.08. The average molecular weight is 321 g/mol. The van der Waals surface area contributed by atoms with Gasteiger partial charge in [-0.15, -0.1) is 0 Å². The van der Waals surface area contributed by atoms with Crippen LogP contribution in [0.5, 0.6) is 0 Å². The Morgan fingerprint density at radius 3 is 2.26 bits per heavy atom. The average Bonchev–Trinajstić information content (AvgIpc) is 2.36. The second-order valence-electron chi connectivity index (χ2n) is 4.71. The topological polar surface area (TPSA) is 17.1 Å². The van der Waals surface area contributed by atoms with Crippen LogP contribution in [-0.2, 0) is 0 Å². The van der Waals surface area contributed by atoms with Crippen molar-refractivity contribution >= 4 is 21.7 Å². The van der Waals surface area contributed by atoms with Crippen LogP contribution in [0.25, 0.3) is 0 Å².